The molecule has 0 aromatic carbocycles. The van der Waals surface area contributed by atoms with Crippen molar-refractivity contribution in [2.45, 2.75) is 31.1 Å². The Bertz CT molecular complexity index is 341. The minimum absolute atomic E-state index is 0.186. The zero-order valence-electron chi connectivity index (χ0n) is 8.59. The van der Waals surface area contributed by atoms with E-state index in [0.29, 0.717) is 13.0 Å². The predicted octanol–water partition coefficient (Wildman–Crippen LogP) is -0.788. The van der Waals surface area contributed by atoms with Crippen molar-refractivity contribution in [3.8, 4) is 0 Å². The monoisotopic (exact) mass is 236 g/mol. The predicted molar refractivity (Wildman–Crippen MR) is 54.8 cm³/mol. The number of hydrogen-bond donors (Lipinski definition) is 2. The van der Waals surface area contributed by atoms with E-state index in [4.69, 9.17) is 10.8 Å². The van der Waals surface area contributed by atoms with Gasteiger partial charge in [-0.05, 0) is 19.8 Å². The van der Waals surface area contributed by atoms with Crippen molar-refractivity contribution in [1.29, 1.82) is 0 Å². The molecule has 6 nitrogen and oxygen atoms in total. The Morgan fingerprint density at radius 2 is 2.20 bits per heavy atom. The van der Waals surface area contributed by atoms with Crippen LogP contribution in [0.1, 0.15) is 19.8 Å². The van der Waals surface area contributed by atoms with E-state index in [9.17, 15) is 13.2 Å². The van der Waals surface area contributed by atoms with Crippen molar-refractivity contribution in [1.82, 2.24) is 4.31 Å². The highest BCUT2D eigenvalue weighted by Gasteiger charge is 2.35. The number of carbonyl (C=O) groups is 1. The highest BCUT2D eigenvalue weighted by Crippen LogP contribution is 2.16. The van der Waals surface area contributed by atoms with Crippen LogP contribution in [0.25, 0.3) is 0 Å². The third-order valence-electron chi connectivity index (χ3n) is 2.58. The van der Waals surface area contributed by atoms with Gasteiger partial charge in [-0.1, -0.05) is 0 Å². The number of nitrogens with two attached hydrogens (primary N) is 1. The molecule has 0 amide bonds. The molecule has 1 unspecified atom stereocenters. The third-order valence-corrected chi connectivity index (χ3v) is 4.72. The van der Waals surface area contributed by atoms with E-state index in [-0.39, 0.29) is 12.6 Å². The SMILES string of the molecule is CC(C(=O)O)S(=O)(=O)N1CCC[C@@H](N)C1. The quantitative estimate of drug-likeness (QED) is 0.669. The summed E-state index contributed by atoms with van der Waals surface area (Å²) in [7, 11) is -3.74. The van der Waals surface area contributed by atoms with Gasteiger partial charge in [0.25, 0.3) is 0 Å². The Morgan fingerprint density at radius 1 is 1.60 bits per heavy atom. The first-order valence-electron chi connectivity index (χ1n) is 4.83. The van der Waals surface area contributed by atoms with Crippen molar-refractivity contribution in [3.63, 3.8) is 0 Å². The molecule has 0 aliphatic carbocycles. The lowest BCUT2D eigenvalue weighted by Gasteiger charge is -2.30. The average Bonchev–Trinajstić information content (AvgIpc) is 2.16. The Balaban J connectivity index is 2.81. The van der Waals surface area contributed by atoms with Crippen LogP contribution in [0.4, 0.5) is 0 Å². The Kier molecular flexibility index (Phi) is 3.69. The van der Waals surface area contributed by atoms with Crippen LogP contribution in [0.5, 0.6) is 0 Å². The standard InChI is InChI=1S/C8H16N2O4S/c1-6(8(11)12)15(13,14)10-4-2-3-7(9)5-10/h6-7H,2-5,9H2,1H3,(H,11,12)/t6?,7-/m1/s1. The molecule has 1 aliphatic rings. The fourth-order valence-electron chi connectivity index (χ4n) is 1.56. The number of hydrogen-bond acceptors (Lipinski definition) is 4. The average molecular weight is 236 g/mol. The molecule has 1 heterocycles. The van der Waals surface area contributed by atoms with Gasteiger partial charge < -0.3 is 10.8 Å². The van der Waals surface area contributed by atoms with Crippen LogP contribution in [0.15, 0.2) is 0 Å². The molecule has 0 aromatic rings. The Morgan fingerprint density at radius 3 is 2.67 bits per heavy atom. The summed E-state index contributed by atoms with van der Waals surface area (Å²) in [4.78, 5) is 10.6. The lowest BCUT2D eigenvalue weighted by Crippen LogP contribution is -2.49. The van der Waals surface area contributed by atoms with Crippen molar-refractivity contribution >= 4 is 16.0 Å². The van der Waals surface area contributed by atoms with Crippen LogP contribution >= 0.6 is 0 Å². The second-order valence-electron chi connectivity index (χ2n) is 3.79. The van der Waals surface area contributed by atoms with Crippen molar-refractivity contribution in [3.05, 3.63) is 0 Å². The highest BCUT2D eigenvalue weighted by atomic mass is 32.2. The van der Waals surface area contributed by atoms with Gasteiger partial charge in [-0.15, -0.1) is 0 Å². The molecule has 88 valence electrons. The second-order valence-corrected chi connectivity index (χ2v) is 6.04. The molecule has 0 radical (unpaired) electrons. The number of nitrogens with zero attached hydrogens (tertiary/aromatic N) is 1. The molecule has 1 aliphatic heterocycles. The summed E-state index contributed by atoms with van der Waals surface area (Å²) in [6.07, 6.45) is 1.47. The number of aliphatic carboxylic acids is 1. The zero-order valence-corrected chi connectivity index (χ0v) is 9.40. The van der Waals surface area contributed by atoms with E-state index >= 15 is 0 Å². The molecule has 3 N–H and O–H groups in total. The summed E-state index contributed by atoms with van der Waals surface area (Å²) in [5.74, 6) is -1.32. The fourth-order valence-corrected chi connectivity index (χ4v) is 3.04. The lowest BCUT2D eigenvalue weighted by atomic mass is 10.1. The van der Waals surface area contributed by atoms with E-state index in [1.54, 1.807) is 0 Å². The van der Waals surface area contributed by atoms with Gasteiger partial charge in [-0.2, -0.15) is 4.31 Å². The van der Waals surface area contributed by atoms with Gasteiger partial charge in [0.15, 0.2) is 5.25 Å². The maximum absolute atomic E-state index is 11.8. The molecule has 1 saturated heterocycles. The molecule has 7 heteroatoms. The first-order chi connectivity index (χ1) is 6.85. The maximum atomic E-state index is 11.8. The summed E-state index contributed by atoms with van der Waals surface area (Å²) in [5, 5.41) is 7.28. The smallest absolute Gasteiger partial charge is 0.323 e. The Hall–Kier alpha value is -0.660. The molecular formula is C8H16N2O4S. The number of carboxylic acids is 1. The number of piperidine rings is 1. The molecule has 0 spiro atoms. The van der Waals surface area contributed by atoms with Gasteiger partial charge in [0.1, 0.15) is 0 Å². The lowest BCUT2D eigenvalue weighted by molar-refractivity contribution is -0.136. The van der Waals surface area contributed by atoms with Crippen molar-refractivity contribution in [2.24, 2.45) is 5.73 Å². The number of sulfonamides is 1. The van der Waals surface area contributed by atoms with Crippen LogP contribution in [-0.2, 0) is 14.8 Å². The van der Waals surface area contributed by atoms with Crippen molar-refractivity contribution < 1.29 is 18.3 Å². The van der Waals surface area contributed by atoms with Crippen LogP contribution in [0.2, 0.25) is 0 Å². The molecule has 1 rings (SSSR count). The minimum atomic E-state index is -3.74. The first-order valence-corrected chi connectivity index (χ1v) is 6.33. The normalized spacial score (nSPS) is 26.1. The van der Waals surface area contributed by atoms with Gasteiger partial charge in [0.05, 0.1) is 0 Å². The van der Waals surface area contributed by atoms with Gasteiger partial charge in [0.2, 0.25) is 10.0 Å². The summed E-state index contributed by atoms with van der Waals surface area (Å²) < 4.78 is 24.7. The molecule has 0 bridgehead atoms. The van der Waals surface area contributed by atoms with Crippen LogP contribution < -0.4 is 5.73 Å². The first kappa shape index (κ1) is 12.4. The fraction of sp³-hybridized carbons (Fsp3) is 0.875. The highest BCUT2D eigenvalue weighted by molar-refractivity contribution is 7.90. The van der Waals surface area contributed by atoms with Gasteiger partial charge in [-0.3, -0.25) is 4.79 Å². The van der Waals surface area contributed by atoms with E-state index in [0.717, 1.165) is 6.42 Å². The van der Waals surface area contributed by atoms with Gasteiger partial charge >= 0.3 is 5.97 Å². The maximum Gasteiger partial charge on any atom is 0.323 e. The summed E-state index contributed by atoms with van der Waals surface area (Å²) in [6, 6.07) is -0.186. The van der Waals surface area contributed by atoms with E-state index in [1.165, 1.54) is 11.2 Å². The molecule has 2 atom stereocenters. The zero-order chi connectivity index (χ0) is 11.6. The van der Waals surface area contributed by atoms with Gasteiger partial charge in [0, 0.05) is 19.1 Å². The van der Waals surface area contributed by atoms with E-state index < -0.39 is 21.2 Å². The van der Waals surface area contributed by atoms with Gasteiger partial charge in [-0.25, -0.2) is 8.42 Å². The molecule has 0 saturated carbocycles. The van der Waals surface area contributed by atoms with E-state index in [1.807, 2.05) is 0 Å². The molecule has 15 heavy (non-hydrogen) atoms. The number of carboxylic acid groups (broad SMARTS) is 1. The molecular weight excluding hydrogens is 220 g/mol. The molecule has 1 fully saturated rings. The molecule has 0 aromatic heterocycles. The summed E-state index contributed by atoms with van der Waals surface area (Å²) in [5.41, 5.74) is 5.64. The van der Waals surface area contributed by atoms with Crippen LogP contribution in [0.3, 0.4) is 0 Å². The number of rotatable bonds is 3. The largest absolute Gasteiger partial charge is 0.480 e. The topological polar surface area (TPSA) is 101 Å². The van der Waals surface area contributed by atoms with E-state index in [2.05, 4.69) is 0 Å². The summed E-state index contributed by atoms with van der Waals surface area (Å²) >= 11 is 0. The third kappa shape index (κ3) is 2.67. The summed E-state index contributed by atoms with van der Waals surface area (Å²) in [6.45, 7) is 1.77. The van der Waals surface area contributed by atoms with Crippen molar-refractivity contribution in [2.75, 3.05) is 13.1 Å². The van der Waals surface area contributed by atoms with Crippen LogP contribution in [0, 0.1) is 0 Å². The Labute approximate surface area is 89.1 Å². The van der Waals surface area contributed by atoms with Crippen LogP contribution in [-0.4, -0.2) is 48.2 Å². The second kappa shape index (κ2) is 4.46. The minimum Gasteiger partial charge on any atom is -0.480 e.